The van der Waals surface area contributed by atoms with Crippen LogP contribution in [-0.2, 0) is 6.54 Å². The van der Waals surface area contributed by atoms with Gasteiger partial charge in [-0.25, -0.2) is 4.98 Å². The molecule has 130 valence electrons. The third-order valence-electron chi connectivity index (χ3n) is 3.42. The van der Waals surface area contributed by atoms with Crippen molar-refractivity contribution < 1.29 is 0 Å². The van der Waals surface area contributed by atoms with Crippen LogP contribution in [0.1, 0.15) is 0 Å². The Labute approximate surface area is 170 Å². The lowest BCUT2D eigenvalue weighted by Crippen LogP contribution is -2.14. The van der Waals surface area contributed by atoms with E-state index in [1.165, 1.54) is 4.90 Å². The van der Waals surface area contributed by atoms with Gasteiger partial charge in [0.15, 0.2) is 0 Å². The fraction of sp³-hybridized carbons (Fsp3) is 0.167. The minimum Gasteiger partial charge on any atom is -0.336 e. The predicted molar refractivity (Wildman–Crippen MR) is 111 cm³/mol. The molecule has 7 heteroatoms. The number of hydrogen-bond acceptors (Lipinski definition) is 3. The zero-order valence-electron chi connectivity index (χ0n) is 13.1. The fourth-order valence-electron chi connectivity index (χ4n) is 2.22. The number of halogens is 3. The Kier molecular flexibility index (Phi) is 7.02. The molecular formula is C18H15Cl3N2S2. The topological polar surface area (TPSA) is 17.8 Å². The van der Waals surface area contributed by atoms with Crippen LogP contribution in [0.15, 0.2) is 71.0 Å². The average Bonchev–Trinajstić information content (AvgIpc) is 3.10. The van der Waals surface area contributed by atoms with Crippen LogP contribution < -0.4 is 0 Å². The average molecular weight is 430 g/mol. The number of thioether (sulfide) groups is 2. The Morgan fingerprint density at radius 1 is 0.960 bits per heavy atom. The van der Waals surface area contributed by atoms with Gasteiger partial charge in [-0.05, 0) is 42.5 Å². The lowest BCUT2D eigenvalue weighted by molar-refractivity contribution is 0.695. The van der Waals surface area contributed by atoms with Crippen LogP contribution in [0.3, 0.4) is 0 Å². The number of rotatable bonds is 7. The van der Waals surface area contributed by atoms with E-state index < -0.39 is 0 Å². The fourth-order valence-corrected chi connectivity index (χ4v) is 4.96. The second kappa shape index (κ2) is 9.24. The van der Waals surface area contributed by atoms with Crippen LogP contribution in [-0.4, -0.2) is 20.6 Å². The van der Waals surface area contributed by atoms with E-state index in [0.29, 0.717) is 15.3 Å². The molecule has 0 aliphatic rings. The second-order valence-electron chi connectivity index (χ2n) is 5.34. The zero-order valence-corrected chi connectivity index (χ0v) is 17.0. The summed E-state index contributed by atoms with van der Waals surface area (Å²) in [5.41, 5.74) is 0. The molecule has 0 N–H and O–H groups in total. The number of aromatic nitrogens is 2. The van der Waals surface area contributed by atoms with Gasteiger partial charge >= 0.3 is 0 Å². The molecule has 0 saturated heterocycles. The molecular weight excluding hydrogens is 415 g/mol. The van der Waals surface area contributed by atoms with Gasteiger partial charge < -0.3 is 4.57 Å². The van der Waals surface area contributed by atoms with E-state index >= 15 is 0 Å². The van der Waals surface area contributed by atoms with Crippen LogP contribution in [0.2, 0.25) is 15.1 Å². The highest BCUT2D eigenvalue weighted by Gasteiger charge is 2.13. The highest BCUT2D eigenvalue weighted by Crippen LogP contribution is 2.33. The van der Waals surface area contributed by atoms with Crippen LogP contribution in [0, 0.1) is 0 Å². The Hall–Kier alpha value is -0.780. The van der Waals surface area contributed by atoms with Crippen molar-refractivity contribution in [2.75, 3.05) is 5.75 Å². The van der Waals surface area contributed by atoms with E-state index in [9.17, 15) is 0 Å². The van der Waals surface area contributed by atoms with Gasteiger partial charge in [0.05, 0.1) is 16.4 Å². The van der Waals surface area contributed by atoms with Gasteiger partial charge in [-0.3, -0.25) is 0 Å². The van der Waals surface area contributed by atoms with Crippen LogP contribution in [0.4, 0.5) is 0 Å². The SMILES string of the molecule is Clc1ccc(SCC(Cn2ccnc2)Sc2ccc(Cl)c(Cl)c2)cc1. The van der Waals surface area contributed by atoms with Gasteiger partial charge in [0.2, 0.25) is 0 Å². The predicted octanol–water partition coefficient (Wildman–Crippen LogP) is 6.80. The van der Waals surface area contributed by atoms with E-state index in [2.05, 4.69) is 9.55 Å². The van der Waals surface area contributed by atoms with Gasteiger partial charge in [-0.1, -0.05) is 34.8 Å². The number of nitrogens with zero attached hydrogens (tertiary/aromatic N) is 2. The number of imidazole rings is 1. The monoisotopic (exact) mass is 428 g/mol. The van der Waals surface area contributed by atoms with Crippen molar-refractivity contribution in [2.24, 2.45) is 0 Å². The minimum absolute atomic E-state index is 0.354. The van der Waals surface area contributed by atoms with E-state index in [1.54, 1.807) is 18.0 Å². The molecule has 25 heavy (non-hydrogen) atoms. The summed E-state index contributed by atoms with van der Waals surface area (Å²) >= 11 is 21.7. The Morgan fingerprint density at radius 2 is 1.72 bits per heavy atom. The summed E-state index contributed by atoms with van der Waals surface area (Å²) in [5, 5.41) is 2.27. The van der Waals surface area contributed by atoms with Gasteiger partial charge in [0, 0.05) is 44.8 Å². The molecule has 2 aromatic carbocycles. The first-order chi connectivity index (χ1) is 12.1. The summed E-state index contributed by atoms with van der Waals surface area (Å²) in [6.07, 6.45) is 5.62. The van der Waals surface area contributed by atoms with Crippen molar-refractivity contribution in [3.63, 3.8) is 0 Å². The molecule has 0 fully saturated rings. The molecule has 0 aliphatic heterocycles. The largest absolute Gasteiger partial charge is 0.336 e. The Bertz CT molecular complexity index is 808. The van der Waals surface area contributed by atoms with Gasteiger partial charge in [0.1, 0.15) is 0 Å². The van der Waals surface area contributed by atoms with E-state index in [-0.39, 0.29) is 0 Å². The van der Waals surface area contributed by atoms with Crippen molar-refractivity contribution in [1.29, 1.82) is 0 Å². The summed E-state index contributed by atoms with van der Waals surface area (Å²) < 4.78 is 2.09. The summed E-state index contributed by atoms with van der Waals surface area (Å²) in [6.45, 7) is 0.867. The smallest absolute Gasteiger partial charge is 0.0946 e. The van der Waals surface area contributed by atoms with Crippen LogP contribution >= 0.6 is 58.3 Å². The van der Waals surface area contributed by atoms with Gasteiger partial charge in [-0.2, -0.15) is 0 Å². The minimum atomic E-state index is 0.354. The standard InChI is InChI=1S/C18H15Cl3N2S2/c19-13-1-3-14(4-2-13)24-11-16(10-23-8-7-22-12-23)25-15-5-6-17(20)18(21)9-15/h1-9,12,16H,10-11H2. The Balaban J connectivity index is 1.69. The zero-order chi connectivity index (χ0) is 17.6. The maximum atomic E-state index is 6.15. The molecule has 0 radical (unpaired) electrons. The van der Waals surface area contributed by atoms with E-state index in [4.69, 9.17) is 34.8 Å². The first kappa shape index (κ1) is 19.0. The molecule has 0 amide bonds. The summed E-state index contributed by atoms with van der Waals surface area (Å²) in [6, 6.07) is 13.7. The lowest BCUT2D eigenvalue weighted by Gasteiger charge is -2.17. The molecule has 0 bridgehead atoms. The molecule has 3 aromatic rings. The Morgan fingerprint density at radius 3 is 2.40 bits per heavy atom. The summed E-state index contributed by atoms with van der Waals surface area (Å²) in [5.74, 6) is 0.949. The van der Waals surface area contributed by atoms with Crippen LogP contribution in [0.5, 0.6) is 0 Å². The maximum absolute atomic E-state index is 6.15. The van der Waals surface area contributed by atoms with Crippen molar-refractivity contribution in [3.8, 4) is 0 Å². The highest BCUT2D eigenvalue weighted by atomic mass is 35.5. The molecule has 2 nitrogen and oxygen atoms in total. The number of hydrogen-bond donors (Lipinski definition) is 0. The maximum Gasteiger partial charge on any atom is 0.0946 e. The molecule has 0 spiro atoms. The molecule has 0 saturated carbocycles. The second-order valence-corrected chi connectivity index (χ2v) is 9.06. The summed E-state index contributed by atoms with van der Waals surface area (Å²) in [4.78, 5) is 6.44. The highest BCUT2D eigenvalue weighted by molar-refractivity contribution is 8.03. The normalized spacial score (nSPS) is 12.3. The van der Waals surface area contributed by atoms with Crippen LogP contribution in [0.25, 0.3) is 0 Å². The van der Waals surface area contributed by atoms with E-state index in [0.717, 1.165) is 22.2 Å². The molecule has 0 aliphatic carbocycles. The van der Waals surface area contributed by atoms with Crippen molar-refractivity contribution >= 4 is 58.3 Å². The summed E-state index contributed by atoms with van der Waals surface area (Å²) in [7, 11) is 0. The third kappa shape index (κ3) is 5.87. The number of benzene rings is 2. The quantitative estimate of drug-likeness (QED) is 0.385. The molecule has 3 rings (SSSR count). The molecule has 1 atom stereocenters. The first-order valence-electron chi connectivity index (χ1n) is 7.56. The van der Waals surface area contributed by atoms with Gasteiger partial charge in [0.25, 0.3) is 0 Å². The third-order valence-corrected chi connectivity index (χ3v) is 6.97. The molecule has 1 unspecified atom stereocenters. The lowest BCUT2D eigenvalue weighted by atomic mass is 10.4. The van der Waals surface area contributed by atoms with Gasteiger partial charge in [-0.15, -0.1) is 23.5 Å². The van der Waals surface area contributed by atoms with Crippen molar-refractivity contribution in [2.45, 2.75) is 21.6 Å². The molecule has 1 heterocycles. The van der Waals surface area contributed by atoms with Crippen molar-refractivity contribution in [1.82, 2.24) is 9.55 Å². The molecule has 1 aromatic heterocycles. The van der Waals surface area contributed by atoms with Crippen molar-refractivity contribution in [3.05, 3.63) is 76.3 Å². The first-order valence-corrected chi connectivity index (χ1v) is 10.6. The van der Waals surface area contributed by atoms with E-state index in [1.807, 2.05) is 66.8 Å².